The Kier molecular flexibility index (Phi) is 4.03. The zero-order chi connectivity index (χ0) is 13.1. The predicted molar refractivity (Wildman–Crippen MR) is 66.1 cm³/mol. The number of morpholine rings is 1. The molecule has 1 fully saturated rings. The van der Waals surface area contributed by atoms with Crippen molar-refractivity contribution in [3.8, 4) is 0 Å². The molecule has 0 bridgehead atoms. The summed E-state index contributed by atoms with van der Waals surface area (Å²) in [6.07, 6.45) is 0. The Labute approximate surface area is 112 Å². The molecule has 1 N–H and O–H groups in total. The molecule has 7 heteroatoms. The predicted octanol–water partition coefficient (Wildman–Crippen LogP) is 0.629. The molecule has 98 valence electrons. The van der Waals surface area contributed by atoms with Gasteiger partial charge in [0.05, 0.1) is 13.2 Å². The summed E-state index contributed by atoms with van der Waals surface area (Å²) in [6.45, 7) is 0.990. The zero-order valence-corrected chi connectivity index (χ0v) is 11.4. The number of carbonyl (C=O) groups is 2. The van der Waals surface area contributed by atoms with Gasteiger partial charge in [-0.05, 0) is 28.1 Å². The monoisotopic (exact) mass is 316 g/mol. The van der Waals surface area contributed by atoms with Crippen molar-refractivity contribution in [2.45, 2.75) is 6.04 Å². The molecule has 1 aromatic heterocycles. The SMILES string of the molecule is CNC(=O)C1COCCN1C(=O)c1ccc(Br)o1. The number of likely N-dealkylation sites (N-methyl/N-ethyl adjacent to an activating group) is 1. The van der Waals surface area contributed by atoms with Crippen LogP contribution in [0.1, 0.15) is 10.6 Å². The highest BCUT2D eigenvalue weighted by atomic mass is 79.9. The van der Waals surface area contributed by atoms with Gasteiger partial charge in [0.25, 0.3) is 5.91 Å². The maximum absolute atomic E-state index is 12.2. The zero-order valence-electron chi connectivity index (χ0n) is 9.81. The lowest BCUT2D eigenvalue weighted by Crippen LogP contribution is -2.55. The number of nitrogens with one attached hydrogen (secondary N) is 1. The molecular formula is C11H13BrN2O4. The number of furan rings is 1. The lowest BCUT2D eigenvalue weighted by molar-refractivity contribution is -0.130. The molecule has 2 heterocycles. The largest absolute Gasteiger partial charge is 0.444 e. The molecule has 1 unspecified atom stereocenters. The molecule has 0 radical (unpaired) electrons. The molecule has 0 saturated carbocycles. The van der Waals surface area contributed by atoms with E-state index in [2.05, 4.69) is 21.2 Å². The van der Waals surface area contributed by atoms with Crippen molar-refractivity contribution < 1.29 is 18.7 Å². The van der Waals surface area contributed by atoms with Gasteiger partial charge in [-0.25, -0.2) is 0 Å². The molecule has 2 rings (SSSR count). The van der Waals surface area contributed by atoms with Crippen molar-refractivity contribution in [2.75, 3.05) is 26.8 Å². The summed E-state index contributed by atoms with van der Waals surface area (Å²) in [5.74, 6) is -0.344. The van der Waals surface area contributed by atoms with Crippen molar-refractivity contribution in [2.24, 2.45) is 0 Å². The normalized spacial score (nSPS) is 19.7. The number of hydrogen-bond donors (Lipinski definition) is 1. The molecular weight excluding hydrogens is 304 g/mol. The van der Waals surface area contributed by atoms with Crippen LogP contribution in [0.5, 0.6) is 0 Å². The Balaban J connectivity index is 2.18. The number of ether oxygens (including phenoxy) is 1. The number of carbonyl (C=O) groups excluding carboxylic acids is 2. The van der Waals surface area contributed by atoms with Crippen LogP contribution in [0.3, 0.4) is 0 Å². The molecule has 1 atom stereocenters. The van der Waals surface area contributed by atoms with Crippen molar-refractivity contribution in [1.82, 2.24) is 10.2 Å². The summed E-state index contributed by atoms with van der Waals surface area (Å²) in [5, 5.41) is 2.52. The molecule has 18 heavy (non-hydrogen) atoms. The van der Waals surface area contributed by atoms with Gasteiger partial charge in [-0.15, -0.1) is 0 Å². The maximum atomic E-state index is 12.2. The van der Waals surface area contributed by atoms with Crippen LogP contribution < -0.4 is 5.32 Å². The molecule has 1 aromatic rings. The van der Waals surface area contributed by atoms with E-state index in [-0.39, 0.29) is 24.2 Å². The summed E-state index contributed by atoms with van der Waals surface area (Å²) >= 11 is 3.14. The minimum atomic E-state index is -0.611. The average molecular weight is 317 g/mol. The molecule has 1 aliphatic heterocycles. The van der Waals surface area contributed by atoms with Gasteiger partial charge in [-0.2, -0.15) is 0 Å². The maximum Gasteiger partial charge on any atom is 0.290 e. The van der Waals surface area contributed by atoms with Crippen LogP contribution >= 0.6 is 15.9 Å². The average Bonchev–Trinajstić information content (AvgIpc) is 2.83. The Morgan fingerprint density at radius 3 is 2.89 bits per heavy atom. The number of nitrogens with zero attached hydrogens (tertiary/aromatic N) is 1. The molecule has 1 saturated heterocycles. The van der Waals surface area contributed by atoms with Gasteiger partial charge in [0, 0.05) is 13.6 Å². The van der Waals surface area contributed by atoms with Gasteiger partial charge < -0.3 is 19.4 Å². The first-order valence-electron chi connectivity index (χ1n) is 5.49. The highest BCUT2D eigenvalue weighted by molar-refractivity contribution is 9.10. The second kappa shape index (κ2) is 5.53. The van der Waals surface area contributed by atoms with E-state index in [4.69, 9.17) is 9.15 Å². The van der Waals surface area contributed by atoms with Crippen molar-refractivity contribution in [1.29, 1.82) is 0 Å². The van der Waals surface area contributed by atoms with Crippen molar-refractivity contribution in [3.63, 3.8) is 0 Å². The van der Waals surface area contributed by atoms with Gasteiger partial charge in [0.2, 0.25) is 5.91 Å². The second-order valence-electron chi connectivity index (χ2n) is 3.81. The smallest absolute Gasteiger partial charge is 0.290 e. The Bertz CT molecular complexity index is 460. The number of hydrogen-bond acceptors (Lipinski definition) is 4. The summed E-state index contributed by atoms with van der Waals surface area (Å²) in [7, 11) is 1.53. The first-order valence-corrected chi connectivity index (χ1v) is 6.28. The fourth-order valence-corrected chi connectivity index (χ4v) is 2.11. The third kappa shape index (κ3) is 2.56. The van der Waals surface area contributed by atoms with Gasteiger partial charge in [-0.1, -0.05) is 0 Å². The molecule has 0 spiro atoms. The van der Waals surface area contributed by atoms with Gasteiger partial charge in [0.1, 0.15) is 6.04 Å². The highest BCUT2D eigenvalue weighted by Gasteiger charge is 2.33. The number of halogens is 1. The molecule has 0 aromatic carbocycles. The fraction of sp³-hybridized carbons (Fsp3) is 0.455. The third-order valence-electron chi connectivity index (χ3n) is 2.72. The van der Waals surface area contributed by atoms with E-state index in [1.807, 2.05) is 0 Å². The third-order valence-corrected chi connectivity index (χ3v) is 3.15. The second-order valence-corrected chi connectivity index (χ2v) is 4.59. The van der Waals surface area contributed by atoms with E-state index < -0.39 is 6.04 Å². The van der Waals surface area contributed by atoms with Gasteiger partial charge in [0.15, 0.2) is 10.4 Å². The van der Waals surface area contributed by atoms with Crippen LogP contribution in [-0.2, 0) is 9.53 Å². The summed E-state index contributed by atoms with van der Waals surface area (Å²) in [6, 6.07) is 2.60. The van der Waals surface area contributed by atoms with Gasteiger partial charge in [-0.3, -0.25) is 9.59 Å². The molecule has 2 amide bonds. The van der Waals surface area contributed by atoms with E-state index in [1.165, 1.54) is 11.9 Å². The van der Waals surface area contributed by atoms with Crippen LogP contribution in [0.4, 0.5) is 0 Å². The van der Waals surface area contributed by atoms with Gasteiger partial charge >= 0.3 is 0 Å². The Morgan fingerprint density at radius 1 is 1.50 bits per heavy atom. The van der Waals surface area contributed by atoms with Crippen LogP contribution in [-0.4, -0.2) is 49.6 Å². The quantitative estimate of drug-likeness (QED) is 0.868. The van der Waals surface area contributed by atoms with E-state index in [1.54, 1.807) is 12.1 Å². The first-order chi connectivity index (χ1) is 8.63. The van der Waals surface area contributed by atoms with Crippen LogP contribution in [0.15, 0.2) is 21.2 Å². The number of rotatable bonds is 2. The lowest BCUT2D eigenvalue weighted by atomic mass is 10.2. The van der Waals surface area contributed by atoms with E-state index in [0.29, 0.717) is 17.8 Å². The van der Waals surface area contributed by atoms with E-state index in [0.717, 1.165) is 0 Å². The standard InChI is InChI=1S/C11H13BrN2O4/c1-13-10(15)7-6-17-5-4-14(7)11(16)8-2-3-9(12)18-8/h2-3,7H,4-6H2,1H3,(H,13,15). The molecule has 6 nitrogen and oxygen atoms in total. The minimum absolute atomic E-state index is 0.202. The van der Waals surface area contributed by atoms with Crippen LogP contribution in [0, 0.1) is 0 Å². The summed E-state index contributed by atoms with van der Waals surface area (Å²) in [5.41, 5.74) is 0. The summed E-state index contributed by atoms with van der Waals surface area (Å²) < 4.78 is 10.9. The fourth-order valence-electron chi connectivity index (χ4n) is 1.80. The number of amides is 2. The molecule has 0 aliphatic carbocycles. The topological polar surface area (TPSA) is 71.8 Å². The van der Waals surface area contributed by atoms with E-state index >= 15 is 0 Å². The first kappa shape index (κ1) is 13.1. The Hall–Kier alpha value is -1.34. The van der Waals surface area contributed by atoms with Crippen molar-refractivity contribution in [3.05, 3.63) is 22.6 Å². The summed E-state index contributed by atoms with van der Waals surface area (Å²) in [4.78, 5) is 25.4. The van der Waals surface area contributed by atoms with Crippen LogP contribution in [0.25, 0.3) is 0 Å². The molecule has 1 aliphatic rings. The highest BCUT2D eigenvalue weighted by Crippen LogP contribution is 2.18. The van der Waals surface area contributed by atoms with Crippen LogP contribution in [0.2, 0.25) is 0 Å². The Morgan fingerprint density at radius 2 is 2.28 bits per heavy atom. The van der Waals surface area contributed by atoms with Crippen molar-refractivity contribution >= 4 is 27.7 Å². The lowest BCUT2D eigenvalue weighted by Gasteiger charge is -2.33. The minimum Gasteiger partial charge on any atom is -0.444 e. The van der Waals surface area contributed by atoms with E-state index in [9.17, 15) is 9.59 Å².